The number of likely N-dealkylation sites (N-methyl/N-ethyl adjacent to an activating group) is 2. The molecular weight excluding hydrogens is 252 g/mol. The number of carbonyl (C=O) groups excluding carboxylic acids is 1. The summed E-state index contributed by atoms with van der Waals surface area (Å²) in [6.07, 6.45) is 3.31. The summed E-state index contributed by atoms with van der Waals surface area (Å²) in [7, 11) is 4.32. The van der Waals surface area contributed by atoms with Crippen LogP contribution in [0, 0.1) is 0 Å². The Morgan fingerprint density at radius 2 is 2.20 bits per heavy atom. The molecule has 1 heterocycles. The molecular formula is C15H32N4O. The van der Waals surface area contributed by atoms with Gasteiger partial charge < -0.3 is 20.9 Å². The largest absolute Gasteiger partial charge is 0.368 e. The fraction of sp³-hybridized carbons (Fsp3) is 0.933. The van der Waals surface area contributed by atoms with E-state index in [2.05, 4.69) is 29.2 Å². The quantitative estimate of drug-likeness (QED) is 0.687. The fourth-order valence-corrected chi connectivity index (χ4v) is 2.98. The van der Waals surface area contributed by atoms with Crippen LogP contribution < -0.4 is 11.1 Å². The lowest BCUT2D eigenvalue weighted by Crippen LogP contribution is -2.56. The molecule has 5 heteroatoms. The molecule has 0 radical (unpaired) electrons. The van der Waals surface area contributed by atoms with Crippen molar-refractivity contribution < 1.29 is 4.79 Å². The fourth-order valence-electron chi connectivity index (χ4n) is 2.98. The summed E-state index contributed by atoms with van der Waals surface area (Å²) >= 11 is 0. The van der Waals surface area contributed by atoms with Crippen LogP contribution in [0.4, 0.5) is 0 Å². The Labute approximate surface area is 123 Å². The Hall–Kier alpha value is -0.650. The molecule has 0 aromatic heterocycles. The normalized spacial score (nSPS) is 23.4. The summed E-state index contributed by atoms with van der Waals surface area (Å²) in [6.45, 7) is 9.13. The van der Waals surface area contributed by atoms with Crippen LogP contribution in [0.3, 0.4) is 0 Å². The third-order valence-electron chi connectivity index (χ3n) is 4.34. The Morgan fingerprint density at radius 1 is 1.55 bits per heavy atom. The summed E-state index contributed by atoms with van der Waals surface area (Å²) < 4.78 is 0. The third kappa shape index (κ3) is 5.04. The minimum atomic E-state index is -0.621. The van der Waals surface area contributed by atoms with Gasteiger partial charge in [0.2, 0.25) is 5.91 Å². The van der Waals surface area contributed by atoms with Gasteiger partial charge in [-0.05, 0) is 60.7 Å². The molecule has 1 amide bonds. The highest BCUT2D eigenvalue weighted by Crippen LogP contribution is 2.17. The van der Waals surface area contributed by atoms with Crippen LogP contribution in [0.5, 0.6) is 0 Å². The van der Waals surface area contributed by atoms with Crippen molar-refractivity contribution in [3.63, 3.8) is 0 Å². The van der Waals surface area contributed by atoms with E-state index < -0.39 is 5.54 Å². The zero-order valence-electron chi connectivity index (χ0n) is 13.8. The zero-order valence-corrected chi connectivity index (χ0v) is 13.8. The predicted octanol–water partition coefficient (Wildman–Crippen LogP) is 0.645. The zero-order chi connectivity index (χ0) is 15.3. The van der Waals surface area contributed by atoms with Crippen LogP contribution in [0.25, 0.3) is 0 Å². The van der Waals surface area contributed by atoms with Crippen LogP contribution in [0.15, 0.2) is 0 Å². The van der Waals surface area contributed by atoms with Crippen molar-refractivity contribution >= 4 is 5.91 Å². The average Bonchev–Trinajstić information content (AvgIpc) is 2.71. The third-order valence-corrected chi connectivity index (χ3v) is 4.34. The van der Waals surface area contributed by atoms with Gasteiger partial charge in [0.05, 0.1) is 5.54 Å². The molecule has 1 fully saturated rings. The van der Waals surface area contributed by atoms with Crippen LogP contribution in [0.1, 0.15) is 40.0 Å². The van der Waals surface area contributed by atoms with Crippen molar-refractivity contribution in [3.05, 3.63) is 0 Å². The number of hydrogen-bond acceptors (Lipinski definition) is 4. The molecule has 3 N–H and O–H groups in total. The minimum absolute atomic E-state index is 0.249. The maximum Gasteiger partial charge on any atom is 0.237 e. The number of amides is 1. The summed E-state index contributed by atoms with van der Waals surface area (Å²) in [6, 6.07) is 0.900. The highest BCUT2D eigenvalue weighted by Gasteiger charge is 2.31. The molecule has 0 aliphatic carbocycles. The van der Waals surface area contributed by atoms with Gasteiger partial charge in [0.25, 0.3) is 0 Å². The molecule has 0 aromatic carbocycles. The molecule has 2 unspecified atom stereocenters. The standard InChI is InChI=1S/C15H32N4O/c1-12(2)17-15(3,14(16)20)8-10-18(4)11-13-7-6-9-19(13)5/h12-13,17H,6-11H2,1-5H3,(H2,16,20). The summed E-state index contributed by atoms with van der Waals surface area (Å²) in [4.78, 5) is 16.4. The molecule has 118 valence electrons. The second kappa shape index (κ2) is 7.38. The van der Waals surface area contributed by atoms with E-state index in [-0.39, 0.29) is 11.9 Å². The molecule has 1 saturated heterocycles. The summed E-state index contributed by atoms with van der Waals surface area (Å²) in [5, 5.41) is 3.30. The lowest BCUT2D eigenvalue weighted by molar-refractivity contribution is -0.124. The number of nitrogens with one attached hydrogen (secondary N) is 1. The van der Waals surface area contributed by atoms with Crippen LogP contribution >= 0.6 is 0 Å². The van der Waals surface area contributed by atoms with Crippen molar-refractivity contribution in [2.75, 3.05) is 33.7 Å². The van der Waals surface area contributed by atoms with E-state index in [1.807, 2.05) is 20.8 Å². The SMILES string of the molecule is CC(C)NC(C)(CCN(C)CC1CCCN1C)C(N)=O. The van der Waals surface area contributed by atoms with Crippen molar-refractivity contribution in [1.29, 1.82) is 0 Å². The van der Waals surface area contributed by atoms with Crippen molar-refractivity contribution in [2.24, 2.45) is 5.73 Å². The highest BCUT2D eigenvalue weighted by molar-refractivity contribution is 5.84. The Bertz CT molecular complexity index is 321. The van der Waals surface area contributed by atoms with Crippen LogP contribution in [-0.4, -0.2) is 67.1 Å². The molecule has 0 saturated carbocycles. The number of likely N-dealkylation sites (tertiary alicyclic amines) is 1. The molecule has 0 bridgehead atoms. The van der Waals surface area contributed by atoms with Crippen molar-refractivity contribution in [3.8, 4) is 0 Å². The van der Waals surface area contributed by atoms with Gasteiger partial charge in [0.15, 0.2) is 0 Å². The Kier molecular flexibility index (Phi) is 6.43. The van der Waals surface area contributed by atoms with E-state index in [4.69, 9.17) is 5.73 Å². The van der Waals surface area contributed by atoms with Crippen molar-refractivity contribution in [2.45, 2.75) is 57.7 Å². The summed E-state index contributed by atoms with van der Waals surface area (Å²) in [5.41, 5.74) is 4.94. The predicted molar refractivity (Wildman–Crippen MR) is 83.6 cm³/mol. The lowest BCUT2D eigenvalue weighted by atomic mass is 9.95. The second-order valence-corrected chi connectivity index (χ2v) is 6.78. The maximum atomic E-state index is 11.7. The van der Waals surface area contributed by atoms with E-state index in [0.717, 1.165) is 19.5 Å². The van der Waals surface area contributed by atoms with Gasteiger partial charge in [-0.1, -0.05) is 0 Å². The highest BCUT2D eigenvalue weighted by atomic mass is 16.1. The smallest absolute Gasteiger partial charge is 0.237 e. The van der Waals surface area contributed by atoms with Gasteiger partial charge >= 0.3 is 0 Å². The topological polar surface area (TPSA) is 61.6 Å². The average molecular weight is 284 g/mol. The van der Waals surface area contributed by atoms with Crippen molar-refractivity contribution in [1.82, 2.24) is 15.1 Å². The number of rotatable bonds is 8. The van der Waals surface area contributed by atoms with E-state index in [0.29, 0.717) is 6.04 Å². The van der Waals surface area contributed by atoms with Gasteiger partial charge in [-0.3, -0.25) is 4.79 Å². The molecule has 2 atom stereocenters. The number of nitrogens with zero attached hydrogens (tertiary/aromatic N) is 2. The molecule has 1 aliphatic heterocycles. The molecule has 0 spiro atoms. The molecule has 5 nitrogen and oxygen atoms in total. The monoisotopic (exact) mass is 284 g/mol. The molecule has 20 heavy (non-hydrogen) atoms. The molecule has 1 aliphatic rings. The Morgan fingerprint density at radius 3 is 2.65 bits per heavy atom. The number of hydrogen-bond donors (Lipinski definition) is 2. The number of nitrogens with two attached hydrogens (primary N) is 1. The Balaban J connectivity index is 2.44. The van der Waals surface area contributed by atoms with E-state index in [1.54, 1.807) is 0 Å². The number of carbonyl (C=O) groups is 1. The molecule has 0 aromatic rings. The van der Waals surface area contributed by atoms with Gasteiger partial charge in [0.1, 0.15) is 0 Å². The van der Waals surface area contributed by atoms with Crippen LogP contribution in [0.2, 0.25) is 0 Å². The van der Waals surface area contributed by atoms with E-state index in [9.17, 15) is 4.79 Å². The van der Waals surface area contributed by atoms with E-state index >= 15 is 0 Å². The minimum Gasteiger partial charge on any atom is -0.368 e. The summed E-state index contributed by atoms with van der Waals surface area (Å²) in [5.74, 6) is -0.266. The maximum absolute atomic E-state index is 11.7. The van der Waals surface area contributed by atoms with Gasteiger partial charge in [-0.2, -0.15) is 0 Å². The first kappa shape index (κ1) is 17.4. The first-order chi connectivity index (χ1) is 9.24. The number of primary amides is 1. The molecule has 1 rings (SSSR count). The lowest BCUT2D eigenvalue weighted by Gasteiger charge is -2.33. The first-order valence-corrected chi connectivity index (χ1v) is 7.71. The van der Waals surface area contributed by atoms with Crippen LogP contribution in [-0.2, 0) is 4.79 Å². The first-order valence-electron chi connectivity index (χ1n) is 7.71. The van der Waals surface area contributed by atoms with Gasteiger partial charge in [-0.15, -0.1) is 0 Å². The van der Waals surface area contributed by atoms with Gasteiger partial charge in [0, 0.05) is 25.2 Å². The second-order valence-electron chi connectivity index (χ2n) is 6.78. The van der Waals surface area contributed by atoms with Gasteiger partial charge in [-0.25, -0.2) is 0 Å². The van der Waals surface area contributed by atoms with E-state index in [1.165, 1.54) is 19.4 Å².